The smallest absolute Gasteiger partial charge is 0.322 e. The zero-order chi connectivity index (χ0) is 17.1. The van der Waals surface area contributed by atoms with E-state index in [-0.39, 0.29) is 18.0 Å². The Hall–Kier alpha value is -2.15. The van der Waals surface area contributed by atoms with Crippen molar-refractivity contribution in [2.75, 3.05) is 37.0 Å². The molecule has 7 heteroatoms. The zero-order valence-corrected chi connectivity index (χ0v) is 14.4. The van der Waals surface area contributed by atoms with Gasteiger partial charge in [-0.25, -0.2) is 9.78 Å². The van der Waals surface area contributed by atoms with E-state index in [1.54, 1.807) is 24.1 Å². The number of hydrogen-bond acceptors (Lipinski definition) is 4. The number of urea groups is 1. The minimum absolute atomic E-state index is 0.0162. The Balaban J connectivity index is 2.31. The van der Waals surface area contributed by atoms with Crippen LogP contribution in [0.1, 0.15) is 20.8 Å². The van der Waals surface area contributed by atoms with Gasteiger partial charge in [-0.2, -0.15) is 0 Å². The number of likely N-dealkylation sites (N-methyl/N-ethyl adjacent to an activating group) is 1. The molecule has 0 bridgehead atoms. The maximum absolute atomic E-state index is 12.7. The molecule has 1 atom stereocenters. The highest BCUT2D eigenvalue weighted by Gasteiger charge is 2.40. The molecule has 1 unspecified atom stereocenters. The third kappa shape index (κ3) is 3.44. The highest BCUT2D eigenvalue weighted by atomic mass is 16.2. The fourth-order valence-electron chi connectivity index (χ4n) is 2.64. The van der Waals surface area contributed by atoms with Crippen molar-refractivity contribution in [1.29, 1.82) is 0 Å². The largest absolute Gasteiger partial charge is 0.336 e. The molecule has 0 fully saturated rings. The van der Waals surface area contributed by atoms with E-state index < -0.39 is 6.04 Å². The molecule has 2 heterocycles. The van der Waals surface area contributed by atoms with Crippen LogP contribution < -0.4 is 15.1 Å². The first kappa shape index (κ1) is 17.2. The number of nitrogens with one attached hydrogen (secondary N) is 1. The number of amides is 3. The molecule has 1 aromatic rings. The van der Waals surface area contributed by atoms with Crippen LogP contribution >= 0.6 is 0 Å². The van der Waals surface area contributed by atoms with E-state index in [1.165, 1.54) is 4.90 Å². The van der Waals surface area contributed by atoms with Crippen molar-refractivity contribution >= 4 is 23.4 Å². The Labute approximate surface area is 137 Å². The fraction of sp³-hybridized carbons (Fsp3) is 0.562. The standard InChI is InChI=1S/C16H25N5O2/c1-11(2)20-14-13(7-6-8-17-14)21(12(3)15(20)22)16(23)18-9-10-19(4)5/h6-8,11-12H,9-10H2,1-5H3,(H,18,23). The molecule has 1 aliphatic rings. The molecular weight excluding hydrogens is 294 g/mol. The lowest BCUT2D eigenvalue weighted by Gasteiger charge is -2.41. The van der Waals surface area contributed by atoms with E-state index in [9.17, 15) is 9.59 Å². The van der Waals surface area contributed by atoms with Crippen LogP contribution in [0.3, 0.4) is 0 Å². The first-order chi connectivity index (χ1) is 10.8. The first-order valence-electron chi connectivity index (χ1n) is 7.84. The second-order valence-electron chi connectivity index (χ2n) is 6.23. The van der Waals surface area contributed by atoms with Gasteiger partial charge in [-0.15, -0.1) is 0 Å². The molecule has 23 heavy (non-hydrogen) atoms. The lowest BCUT2D eigenvalue weighted by Crippen LogP contribution is -2.58. The van der Waals surface area contributed by atoms with Crippen molar-refractivity contribution < 1.29 is 9.59 Å². The molecule has 7 nitrogen and oxygen atoms in total. The molecule has 3 amide bonds. The van der Waals surface area contributed by atoms with Crippen molar-refractivity contribution in [1.82, 2.24) is 15.2 Å². The predicted octanol–water partition coefficient (Wildman–Crippen LogP) is 1.30. The van der Waals surface area contributed by atoms with Crippen LogP contribution in [0.5, 0.6) is 0 Å². The highest BCUT2D eigenvalue weighted by molar-refractivity contribution is 6.11. The molecule has 126 valence electrons. The Bertz CT molecular complexity index is 588. The average molecular weight is 319 g/mol. The van der Waals surface area contributed by atoms with E-state index >= 15 is 0 Å². The monoisotopic (exact) mass is 319 g/mol. The summed E-state index contributed by atoms with van der Waals surface area (Å²) < 4.78 is 0. The molecule has 0 saturated heterocycles. The highest BCUT2D eigenvalue weighted by Crippen LogP contribution is 2.35. The summed E-state index contributed by atoms with van der Waals surface area (Å²) in [5, 5.41) is 2.87. The van der Waals surface area contributed by atoms with E-state index in [0.717, 1.165) is 6.54 Å². The molecule has 0 aromatic carbocycles. The van der Waals surface area contributed by atoms with Gasteiger partial charge in [0.15, 0.2) is 5.82 Å². The maximum Gasteiger partial charge on any atom is 0.322 e. The number of fused-ring (bicyclic) bond motifs is 1. The van der Waals surface area contributed by atoms with Gasteiger partial charge in [0.25, 0.3) is 5.91 Å². The lowest BCUT2D eigenvalue weighted by molar-refractivity contribution is -0.120. The normalized spacial score (nSPS) is 17.7. The van der Waals surface area contributed by atoms with Crippen LogP contribution in [-0.2, 0) is 4.79 Å². The van der Waals surface area contributed by atoms with Crippen LogP contribution in [0.2, 0.25) is 0 Å². The number of carbonyl (C=O) groups excluding carboxylic acids is 2. The molecule has 0 spiro atoms. The van der Waals surface area contributed by atoms with Gasteiger partial charge in [0.2, 0.25) is 0 Å². The van der Waals surface area contributed by atoms with Crippen molar-refractivity contribution in [3.05, 3.63) is 18.3 Å². The summed E-state index contributed by atoms with van der Waals surface area (Å²) in [5.74, 6) is 0.419. The number of anilines is 2. The molecule has 1 aromatic heterocycles. The summed E-state index contributed by atoms with van der Waals surface area (Å²) in [6.07, 6.45) is 1.64. The molecule has 0 aliphatic carbocycles. The lowest BCUT2D eigenvalue weighted by atomic mass is 10.1. The summed E-state index contributed by atoms with van der Waals surface area (Å²) in [4.78, 5) is 34.7. The van der Waals surface area contributed by atoms with Crippen molar-refractivity contribution in [2.45, 2.75) is 32.9 Å². The zero-order valence-electron chi connectivity index (χ0n) is 14.4. The third-order valence-electron chi connectivity index (χ3n) is 3.81. The summed E-state index contributed by atoms with van der Waals surface area (Å²) in [7, 11) is 3.89. The summed E-state index contributed by atoms with van der Waals surface area (Å²) in [5.41, 5.74) is 0.663. The maximum atomic E-state index is 12.7. The Kier molecular flexibility index (Phi) is 5.20. The SMILES string of the molecule is CC(C)N1C(=O)C(C)N(C(=O)NCCN(C)C)c2cccnc21. The van der Waals surface area contributed by atoms with Gasteiger partial charge in [0, 0.05) is 25.3 Å². The second-order valence-corrected chi connectivity index (χ2v) is 6.23. The topological polar surface area (TPSA) is 68.8 Å². The van der Waals surface area contributed by atoms with E-state index in [2.05, 4.69) is 10.3 Å². The summed E-state index contributed by atoms with van der Waals surface area (Å²) in [6, 6.07) is 2.75. The Morgan fingerprint density at radius 3 is 2.74 bits per heavy atom. The van der Waals surface area contributed by atoms with E-state index in [1.807, 2.05) is 38.9 Å². The average Bonchev–Trinajstić information content (AvgIpc) is 2.47. The molecule has 0 radical (unpaired) electrons. The van der Waals surface area contributed by atoms with Gasteiger partial charge in [-0.3, -0.25) is 14.6 Å². The fourth-order valence-corrected chi connectivity index (χ4v) is 2.64. The van der Waals surface area contributed by atoms with Crippen molar-refractivity contribution in [2.24, 2.45) is 0 Å². The Morgan fingerprint density at radius 1 is 1.43 bits per heavy atom. The van der Waals surface area contributed by atoms with Gasteiger partial charge >= 0.3 is 6.03 Å². The molecular formula is C16H25N5O2. The van der Waals surface area contributed by atoms with Crippen molar-refractivity contribution in [3.8, 4) is 0 Å². The number of nitrogens with zero attached hydrogens (tertiary/aromatic N) is 4. The molecule has 1 N–H and O–H groups in total. The number of pyridine rings is 1. The molecule has 1 aliphatic heterocycles. The van der Waals surface area contributed by atoms with Crippen LogP contribution in [-0.4, -0.2) is 61.1 Å². The first-order valence-corrected chi connectivity index (χ1v) is 7.84. The number of hydrogen-bond donors (Lipinski definition) is 1. The third-order valence-corrected chi connectivity index (χ3v) is 3.81. The Morgan fingerprint density at radius 2 is 2.13 bits per heavy atom. The summed E-state index contributed by atoms with van der Waals surface area (Å²) >= 11 is 0. The van der Waals surface area contributed by atoms with Gasteiger partial charge in [0.05, 0.1) is 5.69 Å². The quantitative estimate of drug-likeness (QED) is 0.908. The predicted molar refractivity (Wildman–Crippen MR) is 90.8 cm³/mol. The van der Waals surface area contributed by atoms with E-state index in [0.29, 0.717) is 18.1 Å². The number of carbonyl (C=O) groups is 2. The van der Waals surface area contributed by atoms with Crippen LogP contribution in [0, 0.1) is 0 Å². The van der Waals surface area contributed by atoms with Gasteiger partial charge < -0.3 is 10.2 Å². The number of rotatable bonds is 4. The summed E-state index contributed by atoms with van der Waals surface area (Å²) in [6.45, 7) is 6.89. The van der Waals surface area contributed by atoms with Crippen LogP contribution in [0.25, 0.3) is 0 Å². The molecule has 2 rings (SSSR count). The minimum Gasteiger partial charge on any atom is -0.336 e. The van der Waals surface area contributed by atoms with Gasteiger partial charge in [-0.1, -0.05) is 0 Å². The van der Waals surface area contributed by atoms with Gasteiger partial charge in [0.1, 0.15) is 6.04 Å². The molecule has 0 saturated carbocycles. The van der Waals surface area contributed by atoms with Crippen molar-refractivity contribution in [3.63, 3.8) is 0 Å². The van der Waals surface area contributed by atoms with Crippen LogP contribution in [0.4, 0.5) is 16.3 Å². The van der Waals surface area contributed by atoms with Crippen LogP contribution in [0.15, 0.2) is 18.3 Å². The van der Waals surface area contributed by atoms with Gasteiger partial charge in [-0.05, 0) is 47.0 Å². The van der Waals surface area contributed by atoms with E-state index in [4.69, 9.17) is 0 Å². The number of aromatic nitrogens is 1. The minimum atomic E-state index is -0.562. The second kappa shape index (κ2) is 6.95.